The number of allylic oxidation sites excluding steroid dienone is 2. The number of benzene rings is 13. The lowest BCUT2D eigenvalue weighted by atomic mass is 9.83. The van der Waals surface area contributed by atoms with E-state index in [4.69, 9.17) is 0 Å². The first-order chi connectivity index (χ1) is 42.5. The van der Waals surface area contributed by atoms with Gasteiger partial charge >= 0.3 is 0 Å². The Hall–Kier alpha value is -9.76. The zero-order chi connectivity index (χ0) is 57.5. The molecule has 13 aromatic carbocycles. The van der Waals surface area contributed by atoms with E-state index in [0.29, 0.717) is 0 Å². The lowest BCUT2D eigenvalue weighted by Crippen LogP contribution is -2.12. The molecule has 0 aliphatic heterocycles. The number of hydrogen-bond donors (Lipinski definition) is 0. The van der Waals surface area contributed by atoms with Gasteiger partial charge in [0, 0.05) is 55.1 Å². The Morgan fingerprint density at radius 2 is 0.512 bits per heavy atom. The minimum absolute atomic E-state index is 1.11. The van der Waals surface area contributed by atoms with Gasteiger partial charge in [0.15, 0.2) is 0 Å². The molecule has 0 atom stereocenters. The van der Waals surface area contributed by atoms with E-state index in [1.54, 1.807) is 11.1 Å². The molecule has 2 saturated carbocycles. The fraction of sp³-hybridized carbons (Fsp3) is 0.143. The van der Waals surface area contributed by atoms with Crippen molar-refractivity contribution in [1.29, 1.82) is 0 Å². The maximum atomic E-state index is 2.50. The summed E-state index contributed by atoms with van der Waals surface area (Å²) < 4.78 is 0. The maximum absolute atomic E-state index is 2.50. The van der Waals surface area contributed by atoms with Crippen molar-refractivity contribution in [2.24, 2.45) is 0 Å². The van der Waals surface area contributed by atoms with Gasteiger partial charge in [-0.1, -0.05) is 254 Å². The van der Waals surface area contributed by atoms with E-state index >= 15 is 0 Å². The van der Waals surface area contributed by atoms with Crippen molar-refractivity contribution in [3.8, 4) is 0 Å². The second-order valence-electron chi connectivity index (χ2n) is 24.2. The van der Waals surface area contributed by atoms with Crippen molar-refractivity contribution < 1.29 is 0 Å². The summed E-state index contributed by atoms with van der Waals surface area (Å²) in [5, 5.41) is 15.0. The zero-order valence-electron chi connectivity index (χ0n) is 49.4. The van der Waals surface area contributed by atoms with Crippen molar-refractivity contribution in [3.05, 3.63) is 286 Å². The minimum Gasteiger partial charge on any atom is -0.309 e. The van der Waals surface area contributed by atoms with Crippen LogP contribution >= 0.6 is 0 Å². The molecule has 2 fully saturated rings. The number of nitrogens with zero attached hydrogens (tertiary/aromatic N) is 2. The van der Waals surface area contributed by atoms with Crippen LogP contribution in [-0.4, -0.2) is 0 Å². The highest BCUT2D eigenvalue weighted by molar-refractivity contribution is 6.46. The van der Waals surface area contributed by atoms with Crippen LogP contribution in [0.2, 0.25) is 0 Å². The topological polar surface area (TPSA) is 6.48 Å². The van der Waals surface area contributed by atoms with Gasteiger partial charge in [0.2, 0.25) is 0 Å². The van der Waals surface area contributed by atoms with Crippen LogP contribution in [0.25, 0.3) is 101 Å². The molecule has 13 aromatic rings. The summed E-state index contributed by atoms with van der Waals surface area (Å²) in [5.74, 6) is 0. The maximum Gasteiger partial charge on any atom is 0.0619 e. The van der Waals surface area contributed by atoms with Gasteiger partial charge in [0.05, 0.1) is 11.4 Å². The highest BCUT2D eigenvalue weighted by Crippen LogP contribution is 2.55. The molecule has 0 heterocycles. The normalized spacial score (nSPS) is 14.0. The molecule has 2 aliphatic rings. The highest BCUT2D eigenvalue weighted by atomic mass is 15.2. The SMILES string of the molecule is Cc1ccc(N(c2ccc(C=Cc3ccc(C=C4CCCCC4)cc3)cc2)c2c3ccccc3c3c4c2cccc4c2cccc4c(N(c5ccc(C)cc5)c5ccc(C=Cc6ccc(C=C7CCCCC7)cc6)cc5)c5ccccc5c3c42)cc1. The Morgan fingerprint density at radius 3 is 0.860 bits per heavy atom. The molecule has 0 aromatic heterocycles. The van der Waals surface area contributed by atoms with Crippen LogP contribution in [-0.2, 0) is 0 Å². The van der Waals surface area contributed by atoms with Crippen LogP contribution in [0, 0.1) is 13.8 Å². The molecule has 0 unspecified atom stereocenters. The van der Waals surface area contributed by atoms with Gasteiger partial charge in [-0.15, -0.1) is 0 Å². The van der Waals surface area contributed by atoms with Crippen molar-refractivity contribution in [3.63, 3.8) is 0 Å². The summed E-state index contributed by atoms with van der Waals surface area (Å²) >= 11 is 0. The third-order valence-corrected chi connectivity index (χ3v) is 18.5. The first-order valence-corrected chi connectivity index (χ1v) is 31.3. The molecular formula is C84H70N2. The summed E-state index contributed by atoms with van der Waals surface area (Å²) in [4.78, 5) is 5.01. The number of aryl methyl sites for hydroxylation is 2. The molecule has 0 N–H and O–H groups in total. The summed E-state index contributed by atoms with van der Waals surface area (Å²) in [6, 6.07) is 86.8. The summed E-state index contributed by atoms with van der Waals surface area (Å²) in [6.07, 6.45) is 26.7. The smallest absolute Gasteiger partial charge is 0.0619 e. The van der Waals surface area contributed by atoms with E-state index in [9.17, 15) is 0 Å². The predicted octanol–water partition coefficient (Wildman–Crippen LogP) is 24.6. The lowest BCUT2D eigenvalue weighted by molar-refractivity contribution is 0.602. The Balaban J connectivity index is 0.864. The first kappa shape index (κ1) is 53.0. The largest absolute Gasteiger partial charge is 0.309 e. The molecule has 416 valence electrons. The van der Waals surface area contributed by atoms with Crippen LogP contribution in [0.15, 0.2) is 242 Å². The molecule has 0 saturated heterocycles. The third-order valence-electron chi connectivity index (χ3n) is 18.5. The van der Waals surface area contributed by atoms with E-state index in [1.807, 2.05) is 0 Å². The van der Waals surface area contributed by atoms with Crippen LogP contribution in [0.1, 0.15) is 109 Å². The molecule has 2 nitrogen and oxygen atoms in total. The highest BCUT2D eigenvalue weighted by Gasteiger charge is 2.28. The molecule has 15 rings (SSSR count). The standard InChI is InChI=1S/C84H70N2/c1-57-27-47-67(48-28-57)85(69-51-43-61(44-52-69)33-31-59-35-39-65(40-36-59)55-63-15-5-3-6-16-63)83-75-21-11-9-19-73(75)81-79-71(23-13-25-77(79)83)72-24-14-26-78-80(72)82(81)74-20-10-12-22-76(74)84(78)86(68-49-29-58(2)30-50-68)70-53-45-62(46-54-70)34-32-60-37-41-66(42-38-60)56-64-17-7-4-8-18-64/h9-14,19-56H,3-8,15-18H2,1-2H3. The van der Waals surface area contributed by atoms with Gasteiger partial charge in [-0.2, -0.15) is 0 Å². The van der Waals surface area contributed by atoms with Gasteiger partial charge in [0.25, 0.3) is 0 Å². The lowest BCUT2D eigenvalue weighted by Gasteiger charge is -2.31. The second kappa shape index (κ2) is 23.0. The van der Waals surface area contributed by atoms with E-state index < -0.39 is 0 Å². The molecule has 2 heteroatoms. The van der Waals surface area contributed by atoms with Crippen molar-refractivity contribution in [2.45, 2.75) is 78.1 Å². The van der Waals surface area contributed by atoms with E-state index in [2.05, 4.69) is 291 Å². The van der Waals surface area contributed by atoms with Crippen LogP contribution in [0.3, 0.4) is 0 Å². The second-order valence-corrected chi connectivity index (χ2v) is 24.2. The fourth-order valence-electron chi connectivity index (χ4n) is 14.1. The average Bonchev–Trinajstić information content (AvgIpc) is 0.817. The van der Waals surface area contributed by atoms with E-state index in [-0.39, 0.29) is 0 Å². The van der Waals surface area contributed by atoms with Gasteiger partial charge in [-0.3, -0.25) is 0 Å². The first-order valence-electron chi connectivity index (χ1n) is 31.3. The Morgan fingerprint density at radius 1 is 0.244 bits per heavy atom. The average molecular weight is 1110 g/mol. The van der Waals surface area contributed by atoms with E-state index in [0.717, 1.165) is 33.9 Å². The molecule has 86 heavy (non-hydrogen) atoms. The van der Waals surface area contributed by atoms with Crippen LogP contribution < -0.4 is 9.80 Å². The number of anilines is 6. The van der Waals surface area contributed by atoms with Gasteiger partial charge < -0.3 is 9.80 Å². The van der Waals surface area contributed by atoms with E-state index in [1.165, 1.54) is 174 Å². The third kappa shape index (κ3) is 10.1. The molecule has 2 aliphatic carbocycles. The molecule has 0 amide bonds. The van der Waals surface area contributed by atoms with Crippen molar-refractivity contribution in [1.82, 2.24) is 0 Å². The molecular weight excluding hydrogens is 1040 g/mol. The summed E-state index contributed by atoms with van der Waals surface area (Å²) in [5.41, 5.74) is 19.8. The zero-order valence-corrected chi connectivity index (χ0v) is 49.4. The van der Waals surface area contributed by atoms with Gasteiger partial charge in [-0.25, -0.2) is 0 Å². The molecule has 0 radical (unpaired) electrons. The Bertz CT molecular complexity index is 4440. The number of rotatable bonds is 12. The summed E-state index contributed by atoms with van der Waals surface area (Å²) in [6.45, 7) is 4.35. The minimum atomic E-state index is 1.11. The van der Waals surface area contributed by atoms with Crippen molar-refractivity contribution >= 4 is 135 Å². The van der Waals surface area contributed by atoms with Gasteiger partial charge in [-0.05, 0) is 179 Å². The molecule has 0 bridgehead atoms. The van der Waals surface area contributed by atoms with Crippen LogP contribution in [0.4, 0.5) is 34.1 Å². The van der Waals surface area contributed by atoms with Gasteiger partial charge in [0.1, 0.15) is 0 Å². The number of fused-ring (bicyclic) bond motifs is 6. The molecule has 0 spiro atoms. The Kier molecular flexibility index (Phi) is 14.2. The quantitative estimate of drug-likeness (QED) is 0.0683. The van der Waals surface area contributed by atoms with Crippen molar-refractivity contribution in [2.75, 3.05) is 9.80 Å². The van der Waals surface area contributed by atoms with Crippen LogP contribution in [0.5, 0.6) is 0 Å². The predicted molar refractivity (Wildman–Crippen MR) is 374 cm³/mol. The fourth-order valence-corrected chi connectivity index (χ4v) is 14.1. The monoisotopic (exact) mass is 1110 g/mol. The number of hydrogen-bond acceptors (Lipinski definition) is 2. The summed E-state index contributed by atoms with van der Waals surface area (Å²) in [7, 11) is 0. The Labute approximate surface area is 506 Å².